The molecule has 0 saturated carbocycles. The Kier molecular flexibility index (Phi) is 4.67. The van der Waals surface area contributed by atoms with Crippen LogP contribution in [-0.4, -0.2) is 66.2 Å². The van der Waals surface area contributed by atoms with Crippen molar-refractivity contribution in [2.75, 3.05) is 32.1 Å². The highest BCUT2D eigenvalue weighted by Gasteiger charge is 2.32. The van der Waals surface area contributed by atoms with E-state index in [9.17, 15) is 8.42 Å². The van der Waals surface area contributed by atoms with Gasteiger partial charge in [-0.1, -0.05) is 0 Å². The standard InChI is InChI=1S/C14H20N6O3S/c1-19(2)12-5-6-13(18-17-12)23-11-4-3-7-20(9-11)24(21,22)14-8-15-10-16-14/h5-6,8,10-11H,3-4,7,9H2,1-2H3,(H,15,16). The van der Waals surface area contributed by atoms with Gasteiger partial charge in [-0.3, -0.25) is 0 Å². The van der Waals surface area contributed by atoms with Gasteiger partial charge in [-0.15, -0.1) is 10.2 Å². The van der Waals surface area contributed by atoms with Gasteiger partial charge in [0.05, 0.1) is 19.1 Å². The third-order valence-corrected chi connectivity index (χ3v) is 5.59. The first-order chi connectivity index (χ1) is 11.5. The predicted octanol–water partition coefficient (Wildman–Crippen LogP) is 0.498. The number of H-pyrrole nitrogens is 1. The van der Waals surface area contributed by atoms with Crippen molar-refractivity contribution in [1.82, 2.24) is 24.5 Å². The summed E-state index contributed by atoms with van der Waals surface area (Å²) in [7, 11) is 0.188. The zero-order valence-electron chi connectivity index (χ0n) is 13.6. The molecule has 0 aromatic carbocycles. The fourth-order valence-electron chi connectivity index (χ4n) is 2.53. The van der Waals surface area contributed by atoms with Crippen molar-refractivity contribution in [1.29, 1.82) is 0 Å². The number of hydrogen-bond acceptors (Lipinski definition) is 7. The van der Waals surface area contributed by atoms with Crippen molar-refractivity contribution >= 4 is 15.8 Å². The van der Waals surface area contributed by atoms with Gasteiger partial charge in [0.15, 0.2) is 10.8 Å². The zero-order valence-corrected chi connectivity index (χ0v) is 14.4. The molecule has 1 fully saturated rings. The summed E-state index contributed by atoms with van der Waals surface area (Å²) in [5.41, 5.74) is 0. The number of rotatable bonds is 5. The van der Waals surface area contributed by atoms with Gasteiger partial charge in [0.2, 0.25) is 5.88 Å². The van der Waals surface area contributed by atoms with Crippen molar-refractivity contribution < 1.29 is 13.2 Å². The summed E-state index contributed by atoms with van der Waals surface area (Å²) in [5, 5.41) is 8.19. The van der Waals surface area contributed by atoms with Crippen molar-refractivity contribution in [3.8, 4) is 5.88 Å². The molecule has 3 rings (SSSR count). The molecule has 0 amide bonds. The second-order valence-corrected chi connectivity index (χ2v) is 7.69. The molecule has 1 atom stereocenters. The number of ether oxygens (including phenoxy) is 1. The molecule has 3 heterocycles. The lowest BCUT2D eigenvalue weighted by Gasteiger charge is -2.31. The van der Waals surface area contributed by atoms with Crippen LogP contribution in [0.4, 0.5) is 5.82 Å². The van der Waals surface area contributed by atoms with E-state index in [4.69, 9.17) is 4.74 Å². The lowest BCUT2D eigenvalue weighted by Crippen LogP contribution is -2.44. The molecule has 2 aromatic heterocycles. The fourth-order valence-corrected chi connectivity index (χ4v) is 3.93. The molecular formula is C14H20N6O3S. The molecule has 2 aromatic rings. The van der Waals surface area contributed by atoms with Gasteiger partial charge in [-0.2, -0.15) is 4.31 Å². The van der Waals surface area contributed by atoms with E-state index in [1.165, 1.54) is 16.8 Å². The molecule has 10 heteroatoms. The van der Waals surface area contributed by atoms with Gasteiger partial charge in [-0.05, 0) is 18.9 Å². The molecule has 1 unspecified atom stereocenters. The minimum absolute atomic E-state index is 0.0956. The van der Waals surface area contributed by atoms with Crippen molar-refractivity contribution in [3.63, 3.8) is 0 Å². The Hall–Kier alpha value is -2.20. The van der Waals surface area contributed by atoms with E-state index in [-0.39, 0.29) is 17.7 Å². The van der Waals surface area contributed by atoms with Crippen LogP contribution in [0, 0.1) is 0 Å². The second kappa shape index (κ2) is 6.73. The number of aromatic nitrogens is 4. The third kappa shape index (κ3) is 3.49. The van der Waals surface area contributed by atoms with E-state index >= 15 is 0 Å². The van der Waals surface area contributed by atoms with Crippen molar-refractivity contribution in [3.05, 3.63) is 24.7 Å². The minimum Gasteiger partial charge on any atom is -0.472 e. The average molecular weight is 352 g/mol. The second-order valence-electron chi connectivity index (χ2n) is 5.79. The highest BCUT2D eigenvalue weighted by Crippen LogP contribution is 2.22. The lowest BCUT2D eigenvalue weighted by atomic mass is 10.1. The van der Waals surface area contributed by atoms with Crippen molar-refractivity contribution in [2.45, 2.75) is 24.0 Å². The van der Waals surface area contributed by atoms with Gasteiger partial charge in [-0.25, -0.2) is 13.4 Å². The fraction of sp³-hybridized carbons (Fsp3) is 0.500. The van der Waals surface area contributed by atoms with E-state index in [1.54, 1.807) is 6.07 Å². The number of piperidine rings is 1. The Labute approximate surface area is 140 Å². The summed E-state index contributed by atoms with van der Waals surface area (Å²) in [6, 6.07) is 3.55. The highest BCUT2D eigenvalue weighted by molar-refractivity contribution is 7.89. The van der Waals surface area contributed by atoms with Gasteiger partial charge in [0, 0.05) is 26.7 Å². The molecule has 0 aliphatic carbocycles. The zero-order chi connectivity index (χ0) is 17.2. The van der Waals surface area contributed by atoms with Gasteiger partial charge < -0.3 is 14.6 Å². The Morgan fingerprint density at radius 3 is 2.79 bits per heavy atom. The first-order valence-electron chi connectivity index (χ1n) is 7.63. The molecule has 1 aliphatic rings. The van der Waals surface area contributed by atoms with Crippen LogP contribution >= 0.6 is 0 Å². The van der Waals surface area contributed by atoms with Crippen LogP contribution in [0.3, 0.4) is 0 Å². The number of nitrogens with zero attached hydrogens (tertiary/aromatic N) is 5. The number of aromatic amines is 1. The molecule has 130 valence electrons. The number of sulfonamides is 1. The smallest absolute Gasteiger partial charge is 0.260 e. The maximum Gasteiger partial charge on any atom is 0.260 e. The first-order valence-corrected chi connectivity index (χ1v) is 9.07. The van der Waals surface area contributed by atoms with E-state index in [0.29, 0.717) is 12.4 Å². The van der Waals surface area contributed by atoms with E-state index in [1.807, 2.05) is 25.1 Å². The quantitative estimate of drug-likeness (QED) is 0.835. The summed E-state index contributed by atoms with van der Waals surface area (Å²) in [6.45, 7) is 0.741. The normalized spacial score (nSPS) is 19.2. The molecule has 1 saturated heterocycles. The maximum atomic E-state index is 12.5. The number of imidazole rings is 1. The molecule has 1 N–H and O–H groups in total. The molecule has 9 nitrogen and oxygen atoms in total. The highest BCUT2D eigenvalue weighted by atomic mass is 32.2. The average Bonchev–Trinajstić information content (AvgIpc) is 3.11. The Morgan fingerprint density at radius 2 is 2.17 bits per heavy atom. The number of anilines is 1. The molecule has 0 spiro atoms. The molecule has 0 bridgehead atoms. The molecule has 1 aliphatic heterocycles. The Morgan fingerprint density at radius 1 is 1.33 bits per heavy atom. The minimum atomic E-state index is -3.57. The maximum absolute atomic E-state index is 12.5. The van der Waals surface area contributed by atoms with Crippen LogP contribution in [0.2, 0.25) is 0 Å². The lowest BCUT2D eigenvalue weighted by molar-refractivity contribution is 0.123. The first kappa shape index (κ1) is 16.7. The van der Waals surface area contributed by atoms with Crippen LogP contribution in [0.15, 0.2) is 29.7 Å². The number of hydrogen-bond donors (Lipinski definition) is 1. The summed E-state index contributed by atoms with van der Waals surface area (Å²) in [4.78, 5) is 8.27. The number of nitrogens with one attached hydrogen (secondary N) is 1. The van der Waals surface area contributed by atoms with E-state index in [0.717, 1.165) is 18.7 Å². The molecular weight excluding hydrogens is 332 g/mol. The van der Waals surface area contributed by atoms with Gasteiger partial charge >= 0.3 is 0 Å². The van der Waals surface area contributed by atoms with E-state index in [2.05, 4.69) is 20.2 Å². The van der Waals surface area contributed by atoms with Crippen LogP contribution in [0.25, 0.3) is 0 Å². The topological polar surface area (TPSA) is 104 Å². The summed E-state index contributed by atoms with van der Waals surface area (Å²) < 4.78 is 32.3. The summed E-state index contributed by atoms with van der Waals surface area (Å²) in [6.07, 6.45) is 3.90. The Bertz CT molecular complexity index is 760. The Balaban J connectivity index is 1.67. The van der Waals surface area contributed by atoms with Crippen LogP contribution in [0.5, 0.6) is 5.88 Å². The summed E-state index contributed by atoms with van der Waals surface area (Å²) >= 11 is 0. The summed E-state index contributed by atoms with van der Waals surface area (Å²) in [5.74, 6) is 1.13. The third-order valence-electron chi connectivity index (χ3n) is 3.80. The van der Waals surface area contributed by atoms with Gasteiger partial charge in [0.25, 0.3) is 10.0 Å². The van der Waals surface area contributed by atoms with Crippen LogP contribution in [0.1, 0.15) is 12.8 Å². The van der Waals surface area contributed by atoms with Gasteiger partial charge in [0.1, 0.15) is 6.10 Å². The molecule has 0 radical (unpaired) electrons. The largest absolute Gasteiger partial charge is 0.472 e. The van der Waals surface area contributed by atoms with E-state index < -0.39 is 10.0 Å². The SMILES string of the molecule is CN(C)c1ccc(OC2CCCN(S(=O)(=O)c3cnc[nH]3)C2)nn1. The van der Waals surface area contributed by atoms with Crippen LogP contribution in [-0.2, 0) is 10.0 Å². The monoisotopic (exact) mass is 352 g/mol. The predicted molar refractivity (Wildman–Crippen MR) is 87.4 cm³/mol. The van der Waals surface area contributed by atoms with Crippen molar-refractivity contribution in [2.24, 2.45) is 0 Å². The van der Waals surface area contributed by atoms with Crippen LogP contribution < -0.4 is 9.64 Å². The molecule has 24 heavy (non-hydrogen) atoms.